The molecule has 33 heavy (non-hydrogen) atoms. The first kappa shape index (κ1) is 21.6. The summed E-state index contributed by atoms with van der Waals surface area (Å²) in [5.41, 5.74) is 2.48. The summed E-state index contributed by atoms with van der Waals surface area (Å²) in [4.78, 5) is 31.7. The van der Waals surface area contributed by atoms with Gasteiger partial charge in [-0.2, -0.15) is 0 Å². The van der Waals surface area contributed by atoms with E-state index in [1.54, 1.807) is 59.7 Å². The average molecular weight is 465 g/mol. The smallest absolute Gasteiger partial charge is 0.254 e. The summed E-state index contributed by atoms with van der Waals surface area (Å²) in [5.74, 6) is 0.0581. The van der Waals surface area contributed by atoms with Crippen LogP contribution in [0.25, 0.3) is 0 Å². The quantitative estimate of drug-likeness (QED) is 0.533. The fourth-order valence-electron chi connectivity index (χ4n) is 4.50. The number of fused-ring (bicyclic) bond motifs is 1. The predicted octanol–water partition coefficient (Wildman–Crippen LogP) is 4.67. The van der Waals surface area contributed by atoms with Crippen molar-refractivity contribution in [3.63, 3.8) is 0 Å². The lowest BCUT2D eigenvalue weighted by Gasteiger charge is -2.37. The number of benzene rings is 2. The Morgan fingerprint density at radius 1 is 1.15 bits per heavy atom. The van der Waals surface area contributed by atoms with Gasteiger partial charge < -0.3 is 14.5 Å². The molecule has 7 heteroatoms. The molecular weight excluding hydrogens is 439 g/mol. The van der Waals surface area contributed by atoms with E-state index in [-0.39, 0.29) is 36.3 Å². The van der Waals surface area contributed by atoms with Crippen LogP contribution < -0.4 is 4.74 Å². The molecule has 0 spiro atoms. The zero-order chi connectivity index (χ0) is 22.9. The van der Waals surface area contributed by atoms with Crippen molar-refractivity contribution in [2.75, 3.05) is 20.2 Å². The molecule has 2 heterocycles. The molecule has 3 aromatic rings. The third kappa shape index (κ3) is 4.37. The van der Waals surface area contributed by atoms with Gasteiger partial charge in [-0.05, 0) is 72.2 Å². The average Bonchev–Trinajstić information content (AvgIpc) is 3.57. The Labute approximate surface area is 196 Å². The Bertz CT molecular complexity index is 1170. The maximum absolute atomic E-state index is 13.6. The van der Waals surface area contributed by atoms with Gasteiger partial charge in [-0.15, -0.1) is 11.3 Å². The van der Waals surface area contributed by atoms with E-state index < -0.39 is 0 Å². The number of methoxy groups -OCH3 is 1. The van der Waals surface area contributed by atoms with Gasteiger partial charge in [-0.3, -0.25) is 9.59 Å². The molecule has 1 aromatic heterocycles. The van der Waals surface area contributed by atoms with Gasteiger partial charge in [0.15, 0.2) is 0 Å². The van der Waals surface area contributed by atoms with E-state index >= 15 is 0 Å². The highest BCUT2D eigenvalue weighted by atomic mass is 32.1. The van der Waals surface area contributed by atoms with Gasteiger partial charge in [-0.25, -0.2) is 4.39 Å². The Hall–Kier alpha value is -3.19. The predicted molar refractivity (Wildman–Crippen MR) is 125 cm³/mol. The van der Waals surface area contributed by atoms with Crippen molar-refractivity contribution >= 4 is 23.2 Å². The number of carbonyl (C=O) groups excluding carboxylic acids is 2. The van der Waals surface area contributed by atoms with Gasteiger partial charge >= 0.3 is 0 Å². The molecule has 5 rings (SSSR count). The number of halogens is 1. The third-order valence-electron chi connectivity index (χ3n) is 6.34. The number of ether oxygens (including phenoxy) is 1. The summed E-state index contributed by atoms with van der Waals surface area (Å²) in [6.07, 6.45) is 2.59. The summed E-state index contributed by atoms with van der Waals surface area (Å²) in [5, 5.41) is 2.04. The summed E-state index contributed by atoms with van der Waals surface area (Å²) < 4.78 is 18.8. The van der Waals surface area contributed by atoms with E-state index in [9.17, 15) is 14.0 Å². The maximum atomic E-state index is 13.6. The molecule has 0 N–H and O–H groups in total. The molecule has 1 atom stereocenters. The number of carbonyl (C=O) groups is 2. The van der Waals surface area contributed by atoms with E-state index in [4.69, 9.17) is 4.74 Å². The molecule has 1 fully saturated rings. The summed E-state index contributed by atoms with van der Waals surface area (Å²) in [6.45, 7) is 0.595. The molecule has 1 aliphatic carbocycles. The summed E-state index contributed by atoms with van der Waals surface area (Å²) >= 11 is 1.69. The monoisotopic (exact) mass is 464 g/mol. The number of amides is 2. The first-order chi connectivity index (χ1) is 16.0. The van der Waals surface area contributed by atoms with Crippen LogP contribution in [0, 0.1) is 5.82 Å². The van der Waals surface area contributed by atoms with Crippen LogP contribution in [0.2, 0.25) is 0 Å². The van der Waals surface area contributed by atoms with Crippen molar-refractivity contribution < 1.29 is 18.7 Å². The second-order valence-corrected chi connectivity index (χ2v) is 9.49. The number of thiophene rings is 1. The molecule has 2 aliphatic rings. The lowest BCUT2D eigenvalue weighted by Crippen LogP contribution is -2.47. The van der Waals surface area contributed by atoms with Crippen LogP contribution in [-0.4, -0.2) is 47.9 Å². The van der Waals surface area contributed by atoms with Crippen molar-refractivity contribution in [1.82, 2.24) is 9.80 Å². The van der Waals surface area contributed by atoms with Gasteiger partial charge in [0.2, 0.25) is 5.91 Å². The minimum atomic E-state index is -0.304. The Balaban J connectivity index is 1.42. The van der Waals surface area contributed by atoms with E-state index in [2.05, 4.69) is 0 Å². The number of hydrogen-bond donors (Lipinski definition) is 0. The summed E-state index contributed by atoms with van der Waals surface area (Å²) in [6, 6.07) is 15.2. The van der Waals surface area contributed by atoms with E-state index in [1.807, 2.05) is 16.3 Å². The molecule has 1 saturated carbocycles. The zero-order valence-electron chi connectivity index (χ0n) is 18.4. The van der Waals surface area contributed by atoms with Crippen molar-refractivity contribution in [2.24, 2.45) is 0 Å². The van der Waals surface area contributed by atoms with Gasteiger partial charge in [0.05, 0.1) is 13.2 Å². The normalized spacial score (nSPS) is 17.4. The molecular formula is C26H25FN2O3S. The first-order valence-electron chi connectivity index (χ1n) is 11.1. The Morgan fingerprint density at radius 3 is 2.67 bits per heavy atom. The zero-order valence-corrected chi connectivity index (χ0v) is 19.2. The fraction of sp³-hybridized carbons (Fsp3) is 0.308. The van der Waals surface area contributed by atoms with Gasteiger partial charge in [0.1, 0.15) is 18.1 Å². The molecule has 2 aromatic carbocycles. The molecule has 1 aliphatic heterocycles. The van der Waals surface area contributed by atoms with Crippen molar-refractivity contribution in [1.29, 1.82) is 0 Å². The number of nitrogens with zero attached hydrogens (tertiary/aromatic N) is 2. The van der Waals surface area contributed by atoms with Crippen LogP contribution in [0.5, 0.6) is 5.75 Å². The molecule has 2 amide bonds. The van der Waals surface area contributed by atoms with E-state index in [0.717, 1.165) is 30.4 Å². The molecule has 0 saturated heterocycles. The SMILES string of the molecule is COc1cccc(C(=O)N(CC(=O)N2CCc3sccc3C2c2ccc(F)cc2)C2CC2)c1. The molecule has 0 bridgehead atoms. The topological polar surface area (TPSA) is 49.9 Å². The molecule has 1 unspecified atom stereocenters. The fourth-order valence-corrected chi connectivity index (χ4v) is 5.40. The van der Waals surface area contributed by atoms with Crippen molar-refractivity contribution in [3.8, 4) is 5.75 Å². The van der Waals surface area contributed by atoms with E-state index in [0.29, 0.717) is 17.9 Å². The van der Waals surface area contributed by atoms with Crippen LogP contribution in [-0.2, 0) is 11.2 Å². The number of rotatable bonds is 6. The summed E-state index contributed by atoms with van der Waals surface area (Å²) in [7, 11) is 1.57. The van der Waals surface area contributed by atoms with E-state index in [1.165, 1.54) is 17.0 Å². The van der Waals surface area contributed by atoms with Crippen molar-refractivity contribution in [3.05, 3.63) is 87.4 Å². The second-order valence-electron chi connectivity index (χ2n) is 8.49. The van der Waals surface area contributed by atoms with Gasteiger partial charge in [0.25, 0.3) is 5.91 Å². The highest BCUT2D eigenvalue weighted by Crippen LogP contribution is 2.38. The van der Waals surface area contributed by atoms with Crippen molar-refractivity contribution in [2.45, 2.75) is 31.3 Å². The highest BCUT2D eigenvalue weighted by molar-refractivity contribution is 7.10. The second kappa shape index (κ2) is 8.98. The third-order valence-corrected chi connectivity index (χ3v) is 7.34. The Morgan fingerprint density at radius 2 is 1.94 bits per heavy atom. The standard InChI is InChI=1S/C26H25FN2O3S/c1-32-21-4-2-3-18(15-21)26(31)29(20-9-10-20)16-24(30)28-13-11-23-22(12-14-33-23)25(28)17-5-7-19(27)8-6-17/h2-8,12,14-15,20,25H,9-11,13,16H2,1H3. The van der Waals surface area contributed by atoms with Crippen LogP contribution in [0.3, 0.4) is 0 Å². The van der Waals surface area contributed by atoms with Crippen LogP contribution >= 0.6 is 11.3 Å². The molecule has 0 radical (unpaired) electrons. The molecule has 5 nitrogen and oxygen atoms in total. The van der Waals surface area contributed by atoms with Crippen LogP contribution in [0.4, 0.5) is 4.39 Å². The lowest BCUT2D eigenvalue weighted by molar-refractivity contribution is -0.134. The van der Waals surface area contributed by atoms with Gasteiger partial charge in [0, 0.05) is 23.0 Å². The Kier molecular flexibility index (Phi) is 5.89. The van der Waals surface area contributed by atoms with Gasteiger partial charge in [-0.1, -0.05) is 18.2 Å². The minimum absolute atomic E-state index is 0.0257. The van der Waals surface area contributed by atoms with Crippen LogP contribution in [0.1, 0.15) is 45.2 Å². The highest BCUT2D eigenvalue weighted by Gasteiger charge is 2.38. The van der Waals surface area contributed by atoms with Crippen LogP contribution in [0.15, 0.2) is 60.0 Å². The number of hydrogen-bond acceptors (Lipinski definition) is 4. The minimum Gasteiger partial charge on any atom is -0.497 e. The maximum Gasteiger partial charge on any atom is 0.254 e. The first-order valence-corrected chi connectivity index (χ1v) is 12.0. The lowest BCUT2D eigenvalue weighted by atomic mass is 9.93. The largest absolute Gasteiger partial charge is 0.497 e. The molecule has 170 valence electrons.